The first kappa shape index (κ1) is 12.2. The second-order valence-electron chi connectivity index (χ2n) is 5.05. The van der Waals surface area contributed by atoms with Gasteiger partial charge in [0.1, 0.15) is 11.0 Å². The van der Waals surface area contributed by atoms with Gasteiger partial charge in [-0.05, 0) is 18.9 Å². The summed E-state index contributed by atoms with van der Waals surface area (Å²) in [6.45, 7) is 4.12. The van der Waals surface area contributed by atoms with Crippen molar-refractivity contribution in [1.82, 2.24) is 20.3 Å². The van der Waals surface area contributed by atoms with Crippen molar-refractivity contribution in [1.29, 1.82) is 0 Å². The van der Waals surface area contributed by atoms with Gasteiger partial charge in [-0.2, -0.15) is 0 Å². The molecule has 0 unspecified atom stereocenters. The second kappa shape index (κ2) is 5.05. The van der Waals surface area contributed by atoms with Crippen LogP contribution in [0.15, 0.2) is 18.6 Å². The van der Waals surface area contributed by atoms with E-state index in [4.69, 9.17) is 0 Å². The molecule has 0 saturated carbocycles. The first-order valence-corrected chi connectivity index (χ1v) is 6.46. The van der Waals surface area contributed by atoms with Gasteiger partial charge in [0.25, 0.3) is 0 Å². The fraction of sp³-hybridized carbons (Fsp3) is 0.462. The molecular weight excluding hydrogens is 245 g/mol. The smallest absolute Gasteiger partial charge is 0.169 e. The molecular formula is C13H16FN5. The molecule has 0 aliphatic carbocycles. The van der Waals surface area contributed by atoms with Crippen LogP contribution in [0, 0.1) is 11.7 Å². The third-order valence-corrected chi connectivity index (χ3v) is 3.37. The Labute approximate surface area is 110 Å². The maximum atomic E-state index is 13.6. The molecule has 2 aromatic rings. The highest BCUT2D eigenvalue weighted by molar-refractivity contribution is 5.85. The van der Waals surface area contributed by atoms with E-state index in [9.17, 15) is 4.39 Å². The molecule has 2 atom stereocenters. The van der Waals surface area contributed by atoms with Gasteiger partial charge >= 0.3 is 0 Å². The summed E-state index contributed by atoms with van der Waals surface area (Å²) in [6.07, 6.45) is 5.29. The van der Waals surface area contributed by atoms with E-state index in [1.54, 1.807) is 6.20 Å². The molecule has 1 saturated heterocycles. The minimum Gasteiger partial charge on any atom is -0.364 e. The summed E-state index contributed by atoms with van der Waals surface area (Å²) in [5, 5.41) is 6.70. The van der Waals surface area contributed by atoms with Crippen LogP contribution >= 0.6 is 0 Å². The number of halogens is 1. The van der Waals surface area contributed by atoms with Gasteiger partial charge in [0, 0.05) is 25.0 Å². The van der Waals surface area contributed by atoms with Gasteiger partial charge in [0.15, 0.2) is 11.6 Å². The number of pyridine rings is 1. The standard InChI is InChI=1S/C13H16FN5/c1-8-4-9(6-15-5-8)19-13-12-11(10(14)7-18-13)16-2-3-17-12/h2-3,7-9,15H,4-6H2,1H3,(H,18,19)/t8-,9+/m0/s1. The maximum Gasteiger partial charge on any atom is 0.169 e. The zero-order valence-electron chi connectivity index (χ0n) is 10.7. The third kappa shape index (κ3) is 2.49. The first-order chi connectivity index (χ1) is 9.24. The SMILES string of the molecule is C[C@@H]1CNC[C@H](Nc2ncc(F)c3nccnc23)C1. The number of anilines is 1. The molecule has 3 heterocycles. The summed E-state index contributed by atoms with van der Waals surface area (Å²) in [4.78, 5) is 12.3. The highest BCUT2D eigenvalue weighted by atomic mass is 19.1. The Morgan fingerprint density at radius 1 is 1.21 bits per heavy atom. The molecule has 5 nitrogen and oxygen atoms in total. The van der Waals surface area contributed by atoms with Crippen LogP contribution in [-0.2, 0) is 0 Å². The lowest BCUT2D eigenvalue weighted by molar-refractivity contribution is 0.378. The Kier molecular flexibility index (Phi) is 3.25. The Hall–Kier alpha value is -1.82. The highest BCUT2D eigenvalue weighted by Crippen LogP contribution is 2.21. The Bertz CT molecular complexity index is 588. The van der Waals surface area contributed by atoms with Gasteiger partial charge in [-0.3, -0.25) is 0 Å². The zero-order chi connectivity index (χ0) is 13.2. The number of nitrogens with one attached hydrogen (secondary N) is 2. The molecule has 6 heteroatoms. The summed E-state index contributed by atoms with van der Waals surface area (Å²) >= 11 is 0. The van der Waals surface area contributed by atoms with Crippen LogP contribution in [0.4, 0.5) is 10.2 Å². The molecule has 0 bridgehead atoms. The number of rotatable bonds is 2. The molecule has 2 aromatic heterocycles. The van der Waals surface area contributed by atoms with Crippen molar-refractivity contribution in [3.8, 4) is 0 Å². The summed E-state index contributed by atoms with van der Waals surface area (Å²) in [5.41, 5.74) is 0.748. The van der Waals surface area contributed by atoms with Crippen LogP contribution in [0.5, 0.6) is 0 Å². The van der Waals surface area contributed by atoms with Gasteiger partial charge in [-0.25, -0.2) is 19.3 Å². The summed E-state index contributed by atoms with van der Waals surface area (Å²) in [7, 11) is 0. The number of fused-ring (bicyclic) bond motifs is 1. The van der Waals surface area contributed by atoms with Crippen LogP contribution < -0.4 is 10.6 Å². The quantitative estimate of drug-likeness (QED) is 0.859. The Morgan fingerprint density at radius 2 is 2.00 bits per heavy atom. The molecule has 1 fully saturated rings. The van der Waals surface area contributed by atoms with E-state index in [0.717, 1.165) is 19.5 Å². The third-order valence-electron chi connectivity index (χ3n) is 3.37. The fourth-order valence-corrected chi connectivity index (χ4v) is 2.49. The Morgan fingerprint density at radius 3 is 2.79 bits per heavy atom. The van der Waals surface area contributed by atoms with E-state index in [0.29, 0.717) is 17.3 Å². The molecule has 3 rings (SSSR count). The molecule has 100 valence electrons. The van der Waals surface area contributed by atoms with Crippen molar-refractivity contribution in [3.05, 3.63) is 24.4 Å². The largest absolute Gasteiger partial charge is 0.364 e. The van der Waals surface area contributed by atoms with Crippen molar-refractivity contribution in [3.63, 3.8) is 0 Å². The van der Waals surface area contributed by atoms with E-state index >= 15 is 0 Å². The van der Waals surface area contributed by atoms with Crippen molar-refractivity contribution >= 4 is 16.9 Å². The van der Waals surface area contributed by atoms with Crippen molar-refractivity contribution < 1.29 is 4.39 Å². The second-order valence-corrected chi connectivity index (χ2v) is 5.05. The van der Waals surface area contributed by atoms with E-state index < -0.39 is 5.82 Å². The molecule has 1 aliphatic heterocycles. The average Bonchev–Trinajstić information content (AvgIpc) is 2.42. The number of hydrogen-bond donors (Lipinski definition) is 2. The van der Waals surface area contributed by atoms with Gasteiger partial charge < -0.3 is 10.6 Å². The fourth-order valence-electron chi connectivity index (χ4n) is 2.49. The van der Waals surface area contributed by atoms with Gasteiger partial charge in [-0.15, -0.1) is 0 Å². The Balaban J connectivity index is 1.90. The van der Waals surface area contributed by atoms with Crippen LogP contribution in [0.3, 0.4) is 0 Å². The van der Waals surface area contributed by atoms with Gasteiger partial charge in [0.05, 0.1) is 6.20 Å². The predicted molar refractivity (Wildman–Crippen MR) is 71.4 cm³/mol. The number of nitrogens with zero attached hydrogens (tertiary/aromatic N) is 3. The average molecular weight is 261 g/mol. The lowest BCUT2D eigenvalue weighted by Crippen LogP contribution is -2.42. The minimum absolute atomic E-state index is 0.261. The van der Waals surface area contributed by atoms with Crippen molar-refractivity contribution in [2.24, 2.45) is 5.92 Å². The van der Waals surface area contributed by atoms with Crippen LogP contribution in [0.25, 0.3) is 11.0 Å². The molecule has 2 N–H and O–H groups in total. The number of hydrogen-bond acceptors (Lipinski definition) is 5. The maximum absolute atomic E-state index is 13.6. The molecule has 0 amide bonds. The van der Waals surface area contributed by atoms with Gasteiger partial charge in [0.2, 0.25) is 0 Å². The lowest BCUT2D eigenvalue weighted by Gasteiger charge is -2.28. The monoisotopic (exact) mass is 261 g/mol. The minimum atomic E-state index is -0.441. The number of piperidine rings is 1. The van der Waals surface area contributed by atoms with Gasteiger partial charge in [-0.1, -0.05) is 6.92 Å². The molecule has 0 radical (unpaired) electrons. The molecule has 19 heavy (non-hydrogen) atoms. The van der Waals surface area contributed by atoms with E-state index in [2.05, 4.69) is 32.5 Å². The van der Waals surface area contributed by atoms with Crippen molar-refractivity contribution in [2.45, 2.75) is 19.4 Å². The van der Waals surface area contributed by atoms with Crippen LogP contribution in [0.1, 0.15) is 13.3 Å². The van der Waals surface area contributed by atoms with Crippen LogP contribution in [-0.4, -0.2) is 34.1 Å². The van der Waals surface area contributed by atoms with E-state index in [1.807, 2.05) is 0 Å². The van der Waals surface area contributed by atoms with Crippen LogP contribution in [0.2, 0.25) is 0 Å². The highest BCUT2D eigenvalue weighted by Gasteiger charge is 2.20. The molecule has 0 spiro atoms. The van der Waals surface area contributed by atoms with E-state index in [-0.39, 0.29) is 11.6 Å². The lowest BCUT2D eigenvalue weighted by atomic mass is 9.98. The normalized spacial score (nSPS) is 23.5. The predicted octanol–water partition coefficient (Wildman–Crippen LogP) is 1.57. The molecule has 0 aromatic carbocycles. The van der Waals surface area contributed by atoms with Crippen molar-refractivity contribution in [2.75, 3.05) is 18.4 Å². The summed E-state index contributed by atoms with van der Waals surface area (Å²) < 4.78 is 13.6. The van der Waals surface area contributed by atoms with E-state index in [1.165, 1.54) is 12.4 Å². The summed E-state index contributed by atoms with van der Waals surface area (Å²) in [6, 6.07) is 0.284. The number of aromatic nitrogens is 3. The topological polar surface area (TPSA) is 62.7 Å². The zero-order valence-corrected chi connectivity index (χ0v) is 10.7. The molecule has 1 aliphatic rings. The summed E-state index contributed by atoms with van der Waals surface area (Å²) in [5.74, 6) is 0.776. The first-order valence-electron chi connectivity index (χ1n) is 6.46.